The van der Waals surface area contributed by atoms with Gasteiger partial charge in [0.1, 0.15) is 0 Å². The molecule has 0 aliphatic heterocycles. The molecule has 1 aromatic rings. The van der Waals surface area contributed by atoms with Crippen molar-refractivity contribution < 1.29 is 13.6 Å². The van der Waals surface area contributed by atoms with E-state index in [2.05, 4.69) is 28.7 Å². The number of nitrogens with zero attached hydrogens (tertiary/aromatic N) is 3. The molecule has 0 fully saturated rings. The number of aliphatic imine (C=N–C) groups is 1. The van der Waals surface area contributed by atoms with Crippen LogP contribution >= 0.6 is 0 Å². The number of allylic oxidation sites excluding steroid dienone is 2. The minimum atomic E-state index is -2.59. The van der Waals surface area contributed by atoms with Gasteiger partial charge >= 0.3 is 0 Å². The Morgan fingerprint density at radius 1 is 1.68 bits per heavy atom. The van der Waals surface area contributed by atoms with Gasteiger partial charge in [-0.2, -0.15) is 5.10 Å². The van der Waals surface area contributed by atoms with Gasteiger partial charge < -0.3 is 5.32 Å². The number of halogens is 2. The lowest BCUT2D eigenvalue weighted by Gasteiger charge is -2.02. The predicted octanol–water partition coefficient (Wildman–Crippen LogP) is 1.87. The molecule has 0 aliphatic carbocycles. The molecule has 1 N–H and O–H groups in total. The van der Waals surface area contributed by atoms with Gasteiger partial charge in [0.05, 0.1) is 29.7 Å². The quantitative estimate of drug-likeness (QED) is 0.632. The van der Waals surface area contributed by atoms with Gasteiger partial charge in [0.25, 0.3) is 12.3 Å². The standard InChI is InChI=1S/C12H14F2N4O/c1-4-9(5-15-3)18-7-10(8(2)17-18)12(19)16-6-11(13)14/h4-5,7,11H,1,3,6H2,2H3,(H,16,19)/b9-5+. The van der Waals surface area contributed by atoms with E-state index in [1.807, 2.05) is 0 Å². The summed E-state index contributed by atoms with van der Waals surface area (Å²) in [6, 6.07) is 0. The predicted molar refractivity (Wildman–Crippen MR) is 69.3 cm³/mol. The Labute approximate surface area is 109 Å². The molecule has 19 heavy (non-hydrogen) atoms. The number of aryl methyl sites for hydroxylation is 1. The van der Waals surface area contributed by atoms with Crippen LogP contribution in [0.15, 0.2) is 30.0 Å². The third-order valence-electron chi connectivity index (χ3n) is 2.26. The largest absolute Gasteiger partial charge is 0.346 e. The summed E-state index contributed by atoms with van der Waals surface area (Å²) in [5, 5.41) is 6.21. The summed E-state index contributed by atoms with van der Waals surface area (Å²) in [6.45, 7) is 7.81. The number of nitrogens with one attached hydrogen (secondary N) is 1. The second-order valence-electron chi connectivity index (χ2n) is 3.61. The fraction of sp³-hybridized carbons (Fsp3) is 0.250. The number of amides is 1. The van der Waals surface area contributed by atoms with Gasteiger partial charge in [-0.15, -0.1) is 0 Å². The van der Waals surface area contributed by atoms with Crippen LogP contribution < -0.4 is 5.32 Å². The van der Waals surface area contributed by atoms with E-state index in [1.165, 1.54) is 23.2 Å². The highest BCUT2D eigenvalue weighted by Crippen LogP contribution is 2.11. The molecule has 0 atom stereocenters. The first kappa shape index (κ1) is 14.7. The maximum absolute atomic E-state index is 12.0. The summed E-state index contributed by atoms with van der Waals surface area (Å²) in [6.07, 6.45) is 1.74. The minimum absolute atomic E-state index is 0.220. The van der Waals surface area contributed by atoms with Gasteiger partial charge in [-0.25, -0.2) is 13.5 Å². The molecule has 0 aliphatic rings. The van der Waals surface area contributed by atoms with Crippen molar-refractivity contribution in [1.82, 2.24) is 15.1 Å². The lowest BCUT2D eigenvalue weighted by Crippen LogP contribution is -2.28. The van der Waals surface area contributed by atoms with Crippen LogP contribution in [0.4, 0.5) is 8.78 Å². The highest BCUT2D eigenvalue weighted by Gasteiger charge is 2.15. The van der Waals surface area contributed by atoms with E-state index in [9.17, 15) is 13.6 Å². The highest BCUT2D eigenvalue weighted by molar-refractivity contribution is 5.95. The summed E-state index contributed by atoms with van der Waals surface area (Å²) in [5.74, 6) is -0.598. The maximum atomic E-state index is 12.0. The Hall–Kier alpha value is -2.31. The molecule has 5 nitrogen and oxygen atoms in total. The van der Waals surface area contributed by atoms with Gasteiger partial charge in [0, 0.05) is 6.20 Å². The van der Waals surface area contributed by atoms with E-state index in [-0.39, 0.29) is 5.56 Å². The van der Waals surface area contributed by atoms with E-state index in [0.717, 1.165) is 0 Å². The number of hydrogen-bond donors (Lipinski definition) is 1. The molecule has 0 unspecified atom stereocenters. The van der Waals surface area contributed by atoms with Crippen LogP contribution in [-0.4, -0.2) is 35.4 Å². The lowest BCUT2D eigenvalue weighted by molar-refractivity contribution is 0.0891. The molecule has 1 amide bonds. The van der Waals surface area contributed by atoms with Gasteiger partial charge in [-0.3, -0.25) is 9.79 Å². The van der Waals surface area contributed by atoms with Crippen molar-refractivity contribution >= 4 is 18.3 Å². The Kier molecular flexibility index (Phi) is 5.11. The number of aromatic nitrogens is 2. The zero-order valence-electron chi connectivity index (χ0n) is 10.4. The maximum Gasteiger partial charge on any atom is 0.255 e. The molecule has 1 heterocycles. The molecule has 0 saturated carbocycles. The van der Waals surface area contributed by atoms with Crippen molar-refractivity contribution in [3.05, 3.63) is 36.3 Å². The van der Waals surface area contributed by atoms with E-state index in [4.69, 9.17) is 0 Å². The summed E-state index contributed by atoms with van der Waals surface area (Å²) >= 11 is 0. The van der Waals surface area contributed by atoms with E-state index >= 15 is 0 Å². The number of carbonyl (C=O) groups excluding carboxylic acids is 1. The first-order valence-electron chi connectivity index (χ1n) is 5.41. The SMILES string of the molecule is C=C/C(=C\N=C)n1cc(C(=O)NCC(F)F)c(C)n1. The summed E-state index contributed by atoms with van der Waals surface area (Å²) in [5.41, 5.74) is 1.16. The Morgan fingerprint density at radius 3 is 2.89 bits per heavy atom. The molecular formula is C12H14F2N4O. The van der Waals surface area contributed by atoms with Crippen LogP contribution in [0.3, 0.4) is 0 Å². The summed E-state index contributed by atoms with van der Waals surface area (Å²) in [4.78, 5) is 15.3. The first-order valence-corrected chi connectivity index (χ1v) is 5.41. The number of hydrogen-bond acceptors (Lipinski definition) is 3. The number of alkyl halides is 2. The van der Waals surface area contributed by atoms with Crippen LogP contribution in [0.5, 0.6) is 0 Å². The van der Waals surface area contributed by atoms with Crippen molar-refractivity contribution in [1.29, 1.82) is 0 Å². The van der Waals surface area contributed by atoms with Crippen LogP contribution in [0.1, 0.15) is 16.1 Å². The van der Waals surface area contributed by atoms with Crippen molar-refractivity contribution in [2.75, 3.05) is 6.54 Å². The summed E-state index contributed by atoms with van der Waals surface area (Å²) < 4.78 is 25.4. The topological polar surface area (TPSA) is 59.3 Å². The lowest BCUT2D eigenvalue weighted by atomic mass is 10.2. The van der Waals surface area contributed by atoms with Crippen molar-refractivity contribution in [3.8, 4) is 0 Å². The Balaban J connectivity index is 2.96. The zero-order chi connectivity index (χ0) is 14.4. The molecule has 1 rings (SSSR count). The second kappa shape index (κ2) is 6.58. The van der Waals surface area contributed by atoms with Crippen molar-refractivity contribution in [2.45, 2.75) is 13.3 Å². The third-order valence-corrected chi connectivity index (χ3v) is 2.26. The molecule has 0 radical (unpaired) electrons. The molecular weight excluding hydrogens is 254 g/mol. The zero-order valence-corrected chi connectivity index (χ0v) is 10.4. The van der Waals surface area contributed by atoms with Crippen LogP contribution in [0.25, 0.3) is 5.70 Å². The fourth-order valence-electron chi connectivity index (χ4n) is 1.38. The van der Waals surface area contributed by atoms with Gasteiger partial charge in [-0.05, 0) is 19.7 Å². The van der Waals surface area contributed by atoms with Gasteiger partial charge in [-0.1, -0.05) is 6.58 Å². The molecule has 0 spiro atoms. The number of carbonyl (C=O) groups is 1. The van der Waals surface area contributed by atoms with Crippen LogP contribution in [0.2, 0.25) is 0 Å². The first-order chi connectivity index (χ1) is 8.99. The number of rotatable bonds is 6. The summed E-state index contributed by atoms with van der Waals surface area (Å²) in [7, 11) is 0. The Bertz CT molecular complexity index is 520. The molecule has 7 heteroatoms. The smallest absolute Gasteiger partial charge is 0.255 e. The van der Waals surface area contributed by atoms with Gasteiger partial charge in [0.15, 0.2) is 0 Å². The van der Waals surface area contributed by atoms with E-state index in [1.54, 1.807) is 6.92 Å². The molecule has 102 valence electrons. The van der Waals surface area contributed by atoms with Gasteiger partial charge in [0.2, 0.25) is 0 Å². The highest BCUT2D eigenvalue weighted by atomic mass is 19.3. The molecule has 1 aromatic heterocycles. The van der Waals surface area contributed by atoms with Crippen LogP contribution in [-0.2, 0) is 0 Å². The van der Waals surface area contributed by atoms with Crippen molar-refractivity contribution in [2.24, 2.45) is 4.99 Å². The second-order valence-corrected chi connectivity index (χ2v) is 3.61. The fourth-order valence-corrected chi connectivity index (χ4v) is 1.38. The molecule has 0 bridgehead atoms. The molecule has 0 saturated heterocycles. The third kappa shape index (κ3) is 3.84. The van der Waals surface area contributed by atoms with Crippen LogP contribution in [0, 0.1) is 6.92 Å². The molecule has 0 aromatic carbocycles. The van der Waals surface area contributed by atoms with E-state index < -0.39 is 18.9 Å². The average Bonchev–Trinajstić information content (AvgIpc) is 2.75. The normalized spacial score (nSPS) is 11.5. The Morgan fingerprint density at radius 2 is 2.37 bits per heavy atom. The van der Waals surface area contributed by atoms with E-state index in [0.29, 0.717) is 11.4 Å². The van der Waals surface area contributed by atoms with Crippen molar-refractivity contribution in [3.63, 3.8) is 0 Å². The average molecular weight is 268 g/mol. The minimum Gasteiger partial charge on any atom is -0.346 e. The monoisotopic (exact) mass is 268 g/mol.